The summed E-state index contributed by atoms with van der Waals surface area (Å²) in [6, 6.07) is 0.863. The fraction of sp³-hybridized carbons (Fsp3) is 0.615. The molecule has 1 fully saturated rings. The summed E-state index contributed by atoms with van der Waals surface area (Å²) < 4.78 is 26.1. The van der Waals surface area contributed by atoms with Crippen LogP contribution in [0.3, 0.4) is 0 Å². The molecule has 0 aromatic carbocycles. The van der Waals surface area contributed by atoms with Crippen LogP contribution < -0.4 is 15.4 Å². The van der Waals surface area contributed by atoms with Gasteiger partial charge >= 0.3 is 6.03 Å². The minimum atomic E-state index is -3.65. The first-order valence-electron chi connectivity index (χ1n) is 7.43. The molecule has 23 heavy (non-hydrogen) atoms. The Bertz CT molecular complexity index is 635. The lowest BCUT2D eigenvalue weighted by molar-refractivity contribution is 0.0938. The standard InChI is InChI=1S/C13H21N5O4S/c1-14-13(20)18-23(21,22)10-4-2-9(3-5-10)8-15-12(19)11-6-7-16-17-11/h6-7,9-10H,2-5,8H2,1H3,(H,15,19)(H,16,17)(H2,14,18,20)/t9-,10-. The number of sulfonamides is 1. The van der Waals surface area contributed by atoms with E-state index in [9.17, 15) is 18.0 Å². The average molecular weight is 343 g/mol. The van der Waals surface area contributed by atoms with Gasteiger partial charge in [0.05, 0.1) is 5.25 Å². The number of carbonyl (C=O) groups excluding carboxylic acids is 2. The Labute approximate surface area is 134 Å². The summed E-state index contributed by atoms with van der Waals surface area (Å²) >= 11 is 0. The fourth-order valence-electron chi connectivity index (χ4n) is 2.62. The molecule has 9 nitrogen and oxygen atoms in total. The van der Waals surface area contributed by atoms with Crippen LogP contribution in [0.15, 0.2) is 12.3 Å². The van der Waals surface area contributed by atoms with Gasteiger partial charge in [-0.25, -0.2) is 17.9 Å². The normalized spacial score (nSPS) is 21.4. The topological polar surface area (TPSA) is 133 Å². The largest absolute Gasteiger partial charge is 0.350 e. The molecule has 1 aliphatic rings. The Morgan fingerprint density at radius 1 is 1.30 bits per heavy atom. The van der Waals surface area contributed by atoms with Crippen LogP contribution in [0, 0.1) is 5.92 Å². The molecule has 1 saturated carbocycles. The number of rotatable bonds is 5. The summed E-state index contributed by atoms with van der Waals surface area (Å²) in [6.45, 7) is 0.487. The van der Waals surface area contributed by atoms with Gasteiger partial charge in [-0.3, -0.25) is 9.89 Å². The van der Waals surface area contributed by atoms with Gasteiger partial charge in [-0.1, -0.05) is 0 Å². The van der Waals surface area contributed by atoms with E-state index in [-0.39, 0.29) is 11.8 Å². The van der Waals surface area contributed by atoms with E-state index in [1.54, 1.807) is 12.3 Å². The number of nitrogens with zero attached hydrogens (tertiary/aromatic N) is 1. The van der Waals surface area contributed by atoms with Crippen molar-refractivity contribution in [2.45, 2.75) is 30.9 Å². The van der Waals surface area contributed by atoms with Crippen molar-refractivity contribution in [2.24, 2.45) is 5.92 Å². The van der Waals surface area contributed by atoms with Crippen molar-refractivity contribution in [1.82, 2.24) is 25.6 Å². The summed E-state index contributed by atoms with van der Waals surface area (Å²) in [5, 5.41) is 10.8. The van der Waals surface area contributed by atoms with Crippen molar-refractivity contribution in [3.8, 4) is 0 Å². The van der Waals surface area contributed by atoms with Crippen molar-refractivity contribution in [3.05, 3.63) is 18.0 Å². The number of hydrogen-bond donors (Lipinski definition) is 4. The highest BCUT2D eigenvalue weighted by Crippen LogP contribution is 2.27. The van der Waals surface area contributed by atoms with Gasteiger partial charge in [0.1, 0.15) is 5.69 Å². The lowest BCUT2D eigenvalue weighted by Gasteiger charge is -2.28. The zero-order chi connectivity index (χ0) is 16.9. The van der Waals surface area contributed by atoms with Gasteiger partial charge in [0.25, 0.3) is 5.91 Å². The van der Waals surface area contributed by atoms with Crippen LogP contribution >= 0.6 is 0 Å². The van der Waals surface area contributed by atoms with Crippen molar-refractivity contribution >= 4 is 22.0 Å². The van der Waals surface area contributed by atoms with E-state index < -0.39 is 21.3 Å². The van der Waals surface area contributed by atoms with Crippen molar-refractivity contribution in [2.75, 3.05) is 13.6 Å². The average Bonchev–Trinajstić information content (AvgIpc) is 3.07. The number of hydrogen-bond acceptors (Lipinski definition) is 5. The highest BCUT2D eigenvalue weighted by atomic mass is 32.2. The molecule has 0 unspecified atom stereocenters. The minimum absolute atomic E-state index is 0.226. The Morgan fingerprint density at radius 2 is 2.00 bits per heavy atom. The van der Waals surface area contributed by atoms with Crippen LogP contribution in [-0.4, -0.2) is 49.4 Å². The van der Waals surface area contributed by atoms with Crippen molar-refractivity contribution in [1.29, 1.82) is 0 Å². The second kappa shape index (κ2) is 7.44. The number of urea groups is 1. The number of aromatic amines is 1. The maximum atomic E-state index is 12.0. The van der Waals surface area contributed by atoms with Gasteiger partial charge in [-0.15, -0.1) is 0 Å². The van der Waals surface area contributed by atoms with Gasteiger partial charge in [-0.2, -0.15) is 5.10 Å². The van der Waals surface area contributed by atoms with E-state index in [1.807, 2.05) is 4.72 Å². The lowest BCUT2D eigenvalue weighted by Crippen LogP contribution is -2.44. The van der Waals surface area contributed by atoms with Crippen LogP contribution in [0.2, 0.25) is 0 Å². The highest BCUT2D eigenvalue weighted by Gasteiger charge is 2.32. The number of carbonyl (C=O) groups is 2. The molecule has 2 rings (SSSR count). The number of nitrogens with one attached hydrogen (secondary N) is 4. The Kier molecular flexibility index (Phi) is 5.59. The van der Waals surface area contributed by atoms with E-state index in [0.29, 0.717) is 37.9 Å². The molecule has 1 aromatic rings. The SMILES string of the molecule is CNC(=O)NS(=O)(=O)[C@H]1CC[C@H](CNC(=O)c2cc[nH]n2)CC1. The second-order valence-corrected chi connectivity index (χ2v) is 7.50. The molecule has 3 amide bonds. The third-order valence-electron chi connectivity index (χ3n) is 3.98. The predicted octanol–water partition coefficient (Wildman–Crippen LogP) is -0.0429. The quantitative estimate of drug-likeness (QED) is 0.595. The smallest absolute Gasteiger partial charge is 0.328 e. The first kappa shape index (κ1) is 17.3. The maximum Gasteiger partial charge on any atom is 0.328 e. The highest BCUT2D eigenvalue weighted by molar-refractivity contribution is 7.90. The summed E-state index contributed by atoms with van der Waals surface area (Å²) in [6.07, 6.45) is 3.87. The number of H-pyrrole nitrogens is 1. The van der Waals surface area contributed by atoms with Crippen molar-refractivity contribution < 1.29 is 18.0 Å². The van der Waals surface area contributed by atoms with Gasteiger partial charge in [0, 0.05) is 19.8 Å². The van der Waals surface area contributed by atoms with E-state index in [2.05, 4.69) is 20.8 Å². The molecule has 128 valence electrons. The van der Waals surface area contributed by atoms with Crippen LogP contribution in [-0.2, 0) is 10.0 Å². The molecule has 4 N–H and O–H groups in total. The van der Waals surface area contributed by atoms with Gasteiger partial charge in [0.15, 0.2) is 0 Å². The Balaban J connectivity index is 1.77. The van der Waals surface area contributed by atoms with Crippen LogP contribution in [0.5, 0.6) is 0 Å². The molecule has 0 bridgehead atoms. The van der Waals surface area contributed by atoms with E-state index in [1.165, 1.54) is 7.05 Å². The molecule has 0 saturated heterocycles. The van der Waals surface area contributed by atoms with Gasteiger partial charge in [0.2, 0.25) is 10.0 Å². The van der Waals surface area contributed by atoms with Gasteiger partial charge < -0.3 is 10.6 Å². The zero-order valence-corrected chi connectivity index (χ0v) is 13.6. The fourth-order valence-corrected chi connectivity index (χ4v) is 4.04. The minimum Gasteiger partial charge on any atom is -0.350 e. The molecule has 0 spiro atoms. The van der Waals surface area contributed by atoms with Crippen LogP contribution in [0.25, 0.3) is 0 Å². The van der Waals surface area contributed by atoms with Crippen LogP contribution in [0.1, 0.15) is 36.2 Å². The van der Waals surface area contributed by atoms with Crippen molar-refractivity contribution in [3.63, 3.8) is 0 Å². The maximum absolute atomic E-state index is 12.0. The van der Waals surface area contributed by atoms with E-state index in [0.717, 1.165) is 0 Å². The molecule has 1 heterocycles. The summed E-state index contributed by atoms with van der Waals surface area (Å²) in [4.78, 5) is 22.9. The number of amides is 3. The predicted molar refractivity (Wildman–Crippen MR) is 83.2 cm³/mol. The molecule has 1 aliphatic carbocycles. The first-order valence-corrected chi connectivity index (χ1v) is 8.98. The van der Waals surface area contributed by atoms with E-state index >= 15 is 0 Å². The Hall–Kier alpha value is -2.10. The second-order valence-electron chi connectivity index (χ2n) is 5.54. The Morgan fingerprint density at radius 3 is 2.57 bits per heavy atom. The molecule has 10 heteroatoms. The molecule has 0 radical (unpaired) electrons. The summed E-state index contributed by atoms with van der Waals surface area (Å²) in [7, 11) is -2.28. The van der Waals surface area contributed by atoms with Gasteiger partial charge in [-0.05, 0) is 37.7 Å². The summed E-state index contributed by atoms with van der Waals surface area (Å²) in [5.41, 5.74) is 0.330. The third-order valence-corrected chi connectivity index (χ3v) is 5.80. The number of aromatic nitrogens is 2. The molecule has 0 atom stereocenters. The lowest BCUT2D eigenvalue weighted by atomic mass is 9.89. The molecule has 0 aliphatic heterocycles. The molecular weight excluding hydrogens is 322 g/mol. The first-order chi connectivity index (χ1) is 10.9. The van der Waals surface area contributed by atoms with E-state index in [4.69, 9.17) is 0 Å². The third kappa shape index (κ3) is 4.68. The van der Waals surface area contributed by atoms with Crippen LogP contribution in [0.4, 0.5) is 4.79 Å². The molecular formula is C13H21N5O4S. The monoisotopic (exact) mass is 343 g/mol. The summed E-state index contributed by atoms with van der Waals surface area (Å²) in [5.74, 6) is -0.0216. The molecule has 1 aromatic heterocycles. The zero-order valence-electron chi connectivity index (χ0n) is 12.8.